The molecule has 1 amide bonds. The Labute approximate surface area is 111 Å². The van der Waals surface area contributed by atoms with E-state index >= 15 is 0 Å². The predicted molar refractivity (Wildman–Crippen MR) is 74.7 cm³/mol. The van der Waals surface area contributed by atoms with Crippen molar-refractivity contribution >= 4 is 17.3 Å². The number of carbonyl (C=O) groups is 1. The van der Waals surface area contributed by atoms with Crippen molar-refractivity contribution in [2.75, 3.05) is 11.1 Å². The minimum atomic E-state index is -0.307. The summed E-state index contributed by atoms with van der Waals surface area (Å²) in [5.41, 5.74) is 8.39. The number of carbonyl (C=O) groups excluding carboxylic acids is 1. The van der Waals surface area contributed by atoms with Gasteiger partial charge in [0, 0.05) is 5.69 Å². The number of nitrogens with zero attached hydrogens (tertiary/aromatic N) is 1. The summed E-state index contributed by atoms with van der Waals surface area (Å²) in [6.07, 6.45) is 0. The van der Waals surface area contributed by atoms with Crippen LogP contribution in [0.2, 0.25) is 0 Å². The summed E-state index contributed by atoms with van der Waals surface area (Å²) in [6, 6.07) is 14.2. The smallest absolute Gasteiger partial charge is 0.258 e. The molecule has 4 nitrogen and oxygen atoms in total. The van der Waals surface area contributed by atoms with Crippen LogP contribution in [0.4, 0.5) is 11.4 Å². The van der Waals surface area contributed by atoms with Crippen LogP contribution in [-0.2, 0) is 0 Å². The number of hydrogen-bond acceptors (Lipinski definition) is 3. The normalized spacial score (nSPS) is 9.68. The average molecular weight is 251 g/mol. The highest BCUT2D eigenvalue weighted by Crippen LogP contribution is 2.20. The van der Waals surface area contributed by atoms with Crippen molar-refractivity contribution in [2.45, 2.75) is 6.92 Å². The third-order valence-corrected chi connectivity index (χ3v) is 2.83. The van der Waals surface area contributed by atoms with Crippen molar-refractivity contribution < 1.29 is 4.79 Å². The number of nitrogen functional groups attached to an aromatic ring is 1. The second-order valence-corrected chi connectivity index (χ2v) is 4.15. The lowest BCUT2D eigenvalue weighted by molar-refractivity contribution is 0.102. The van der Waals surface area contributed by atoms with Gasteiger partial charge in [-0.1, -0.05) is 24.3 Å². The fraction of sp³-hybridized carbons (Fsp3) is 0.0667. The van der Waals surface area contributed by atoms with Gasteiger partial charge in [0.1, 0.15) is 6.07 Å². The minimum absolute atomic E-state index is 0.307. The number of para-hydroxylation sites is 1. The molecule has 0 atom stereocenters. The monoisotopic (exact) mass is 251 g/mol. The quantitative estimate of drug-likeness (QED) is 0.805. The Hall–Kier alpha value is -2.80. The maximum Gasteiger partial charge on any atom is 0.258 e. The highest BCUT2D eigenvalue weighted by Gasteiger charge is 2.13. The average Bonchev–Trinajstić information content (AvgIpc) is 2.39. The molecule has 2 rings (SSSR count). The molecule has 0 bridgehead atoms. The summed E-state index contributed by atoms with van der Waals surface area (Å²) in [5, 5.41) is 11.7. The van der Waals surface area contributed by atoms with E-state index in [1.54, 1.807) is 36.4 Å². The van der Waals surface area contributed by atoms with Crippen molar-refractivity contribution in [2.24, 2.45) is 0 Å². The van der Waals surface area contributed by atoms with Crippen LogP contribution in [0.1, 0.15) is 21.5 Å². The zero-order valence-corrected chi connectivity index (χ0v) is 10.5. The second-order valence-electron chi connectivity index (χ2n) is 4.15. The molecule has 2 aromatic rings. The van der Waals surface area contributed by atoms with E-state index in [1.165, 1.54) is 0 Å². The van der Waals surface area contributed by atoms with Gasteiger partial charge in [-0.3, -0.25) is 4.79 Å². The first-order chi connectivity index (χ1) is 9.13. The van der Waals surface area contributed by atoms with Crippen LogP contribution in [0, 0.1) is 18.3 Å². The number of anilines is 2. The van der Waals surface area contributed by atoms with Gasteiger partial charge in [0.05, 0.1) is 16.8 Å². The topological polar surface area (TPSA) is 78.9 Å². The highest BCUT2D eigenvalue weighted by atomic mass is 16.1. The summed E-state index contributed by atoms with van der Waals surface area (Å²) >= 11 is 0. The van der Waals surface area contributed by atoms with Crippen LogP contribution in [0.25, 0.3) is 0 Å². The molecule has 0 radical (unpaired) electrons. The van der Waals surface area contributed by atoms with Gasteiger partial charge in [0.25, 0.3) is 5.91 Å². The van der Waals surface area contributed by atoms with Gasteiger partial charge < -0.3 is 11.1 Å². The first-order valence-electron chi connectivity index (χ1n) is 5.79. The van der Waals surface area contributed by atoms with Gasteiger partial charge in [0.2, 0.25) is 0 Å². The van der Waals surface area contributed by atoms with Gasteiger partial charge in [0.15, 0.2) is 0 Å². The number of nitrogens with two attached hydrogens (primary N) is 1. The summed E-state index contributed by atoms with van der Waals surface area (Å²) < 4.78 is 0. The summed E-state index contributed by atoms with van der Waals surface area (Å²) in [4.78, 5) is 12.2. The number of hydrogen-bond donors (Lipinski definition) is 2. The van der Waals surface area contributed by atoms with Gasteiger partial charge in [-0.25, -0.2) is 0 Å². The maximum atomic E-state index is 12.2. The third-order valence-electron chi connectivity index (χ3n) is 2.83. The molecule has 0 unspecified atom stereocenters. The molecule has 0 aliphatic heterocycles. The number of nitrogens with one attached hydrogen (secondary N) is 1. The van der Waals surface area contributed by atoms with E-state index in [0.717, 1.165) is 5.56 Å². The fourth-order valence-electron chi connectivity index (χ4n) is 1.88. The van der Waals surface area contributed by atoms with E-state index in [4.69, 9.17) is 11.0 Å². The van der Waals surface area contributed by atoms with Crippen molar-refractivity contribution in [3.63, 3.8) is 0 Å². The lowest BCUT2D eigenvalue weighted by Crippen LogP contribution is -2.16. The van der Waals surface area contributed by atoms with E-state index < -0.39 is 0 Å². The van der Waals surface area contributed by atoms with Crippen molar-refractivity contribution in [1.82, 2.24) is 0 Å². The summed E-state index contributed by atoms with van der Waals surface area (Å²) in [5.74, 6) is -0.307. The first kappa shape index (κ1) is 12.7. The SMILES string of the molecule is Cc1cccc(N)c1C(=O)Nc1ccccc1C#N. The molecular formula is C15H13N3O. The summed E-state index contributed by atoms with van der Waals surface area (Å²) in [7, 11) is 0. The Kier molecular flexibility index (Phi) is 3.48. The van der Waals surface area contributed by atoms with Crippen molar-refractivity contribution in [3.05, 3.63) is 59.2 Å². The van der Waals surface area contributed by atoms with E-state index in [9.17, 15) is 4.79 Å². The second kappa shape index (κ2) is 5.23. The molecule has 3 N–H and O–H groups in total. The van der Waals surface area contributed by atoms with Gasteiger partial charge >= 0.3 is 0 Å². The molecule has 0 aliphatic rings. The lowest BCUT2D eigenvalue weighted by atomic mass is 10.1. The van der Waals surface area contributed by atoms with Crippen LogP contribution in [-0.4, -0.2) is 5.91 Å². The van der Waals surface area contributed by atoms with E-state index in [-0.39, 0.29) is 5.91 Å². The van der Waals surface area contributed by atoms with Gasteiger partial charge in [-0.15, -0.1) is 0 Å². The molecule has 0 saturated carbocycles. The Morgan fingerprint density at radius 3 is 2.63 bits per heavy atom. The zero-order chi connectivity index (χ0) is 13.8. The standard InChI is InChI=1S/C15H13N3O/c1-10-5-4-7-12(17)14(10)15(19)18-13-8-3-2-6-11(13)9-16/h2-8H,17H2,1H3,(H,18,19). The molecule has 2 aromatic carbocycles. The fourth-order valence-corrected chi connectivity index (χ4v) is 1.88. The molecule has 0 aliphatic carbocycles. The zero-order valence-electron chi connectivity index (χ0n) is 10.5. The van der Waals surface area contributed by atoms with Crippen LogP contribution < -0.4 is 11.1 Å². The number of aryl methyl sites for hydroxylation is 1. The van der Waals surface area contributed by atoms with E-state index in [1.807, 2.05) is 19.1 Å². The van der Waals surface area contributed by atoms with Gasteiger partial charge in [-0.05, 0) is 30.7 Å². The summed E-state index contributed by atoms with van der Waals surface area (Å²) in [6.45, 7) is 1.82. The maximum absolute atomic E-state index is 12.2. The Morgan fingerprint density at radius 2 is 1.95 bits per heavy atom. The molecule has 4 heteroatoms. The Bertz CT molecular complexity index is 651. The lowest BCUT2D eigenvalue weighted by Gasteiger charge is -2.10. The molecule has 0 heterocycles. The first-order valence-corrected chi connectivity index (χ1v) is 5.79. The minimum Gasteiger partial charge on any atom is -0.398 e. The van der Waals surface area contributed by atoms with Crippen molar-refractivity contribution in [1.29, 1.82) is 5.26 Å². The molecule has 94 valence electrons. The number of benzene rings is 2. The van der Waals surface area contributed by atoms with Crippen LogP contribution in [0.15, 0.2) is 42.5 Å². The molecule has 0 aromatic heterocycles. The number of rotatable bonds is 2. The van der Waals surface area contributed by atoms with Crippen LogP contribution in [0.3, 0.4) is 0 Å². The Balaban J connectivity index is 2.35. The van der Waals surface area contributed by atoms with E-state index in [0.29, 0.717) is 22.5 Å². The van der Waals surface area contributed by atoms with E-state index in [2.05, 4.69) is 5.32 Å². The largest absolute Gasteiger partial charge is 0.398 e. The van der Waals surface area contributed by atoms with Gasteiger partial charge in [-0.2, -0.15) is 5.26 Å². The molecule has 19 heavy (non-hydrogen) atoms. The highest BCUT2D eigenvalue weighted by molar-refractivity contribution is 6.09. The predicted octanol–water partition coefficient (Wildman–Crippen LogP) is 2.70. The number of nitriles is 1. The number of amides is 1. The van der Waals surface area contributed by atoms with Crippen LogP contribution >= 0.6 is 0 Å². The van der Waals surface area contributed by atoms with Crippen LogP contribution in [0.5, 0.6) is 0 Å². The third kappa shape index (κ3) is 2.55. The molecular weight excluding hydrogens is 238 g/mol. The molecule has 0 fully saturated rings. The van der Waals surface area contributed by atoms with Crippen molar-refractivity contribution in [3.8, 4) is 6.07 Å². The molecule has 0 spiro atoms. The Morgan fingerprint density at radius 1 is 1.21 bits per heavy atom. The molecule has 0 saturated heterocycles.